The van der Waals surface area contributed by atoms with E-state index in [4.69, 9.17) is 15.2 Å². The lowest BCUT2D eigenvalue weighted by molar-refractivity contribution is -0.127. The Hall–Kier alpha value is -3.85. The number of carbonyl (C=O) groups excluding carboxylic acids is 2. The van der Waals surface area contributed by atoms with Crippen LogP contribution in [0.2, 0.25) is 0 Å². The van der Waals surface area contributed by atoms with E-state index in [1.54, 1.807) is 0 Å². The number of rotatable bonds is 14. The lowest BCUT2D eigenvalue weighted by atomic mass is 10.0. The summed E-state index contributed by atoms with van der Waals surface area (Å²) < 4.78 is 11.6. The summed E-state index contributed by atoms with van der Waals surface area (Å²) in [6.07, 6.45) is 4.87. The van der Waals surface area contributed by atoms with Gasteiger partial charge in [0.2, 0.25) is 5.91 Å². The zero-order chi connectivity index (χ0) is 27.8. The molecule has 0 unspecified atom stereocenters. The molecule has 208 valence electrons. The summed E-state index contributed by atoms with van der Waals surface area (Å²) in [6, 6.07) is 9.82. The fourth-order valence-corrected chi connectivity index (χ4v) is 5.09. The van der Waals surface area contributed by atoms with E-state index >= 15 is 0 Å². The van der Waals surface area contributed by atoms with Gasteiger partial charge in [-0.1, -0.05) is 19.1 Å². The molecule has 0 saturated carbocycles. The molecule has 2 heterocycles. The molecule has 0 atom stereocenters. The number of likely N-dealkylation sites (tertiary alicyclic amines) is 1. The number of amides is 2. The maximum absolute atomic E-state index is 12.4. The van der Waals surface area contributed by atoms with Crippen LogP contribution in [-0.4, -0.2) is 54.5 Å². The quantitative estimate of drug-likeness (QED) is 0.260. The Kier molecular flexibility index (Phi) is 9.59. The zero-order valence-electron chi connectivity index (χ0n) is 23.1. The van der Waals surface area contributed by atoms with Crippen LogP contribution in [-0.2, 0) is 17.8 Å². The molecule has 2 aromatic carbocycles. The van der Waals surface area contributed by atoms with Gasteiger partial charge in [-0.05, 0) is 62.9 Å². The lowest BCUT2D eigenvalue weighted by Gasteiger charge is -2.20. The van der Waals surface area contributed by atoms with Crippen LogP contribution in [0.25, 0.3) is 10.9 Å². The Morgan fingerprint density at radius 3 is 2.56 bits per heavy atom. The van der Waals surface area contributed by atoms with Gasteiger partial charge in [0.15, 0.2) is 11.5 Å². The van der Waals surface area contributed by atoms with E-state index in [0.717, 1.165) is 55.5 Å². The van der Waals surface area contributed by atoms with Crippen molar-refractivity contribution in [1.29, 1.82) is 0 Å². The maximum Gasteiger partial charge on any atom is 0.252 e. The SMILES string of the molecule is CCOc1cc2ncc(C(N)=O)c(Nc3cccc(CNCCCN4CCCC4=O)c3CC)c2cc1OCC. The van der Waals surface area contributed by atoms with Crippen LogP contribution in [0.1, 0.15) is 61.5 Å². The van der Waals surface area contributed by atoms with E-state index in [2.05, 4.69) is 28.6 Å². The third-order valence-electron chi connectivity index (χ3n) is 6.95. The van der Waals surface area contributed by atoms with Crippen LogP contribution >= 0.6 is 0 Å². The van der Waals surface area contributed by atoms with Crippen LogP contribution in [0.4, 0.5) is 11.4 Å². The molecular weight excluding hydrogens is 494 g/mol. The van der Waals surface area contributed by atoms with Crippen molar-refractivity contribution in [3.8, 4) is 11.5 Å². The number of fused-ring (bicyclic) bond motifs is 1. The van der Waals surface area contributed by atoms with Crippen molar-refractivity contribution in [2.24, 2.45) is 5.73 Å². The Morgan fingerprint density at radius 2 is 1.90 bits per heavy atom. The molecule has 1 saturated heterocycles. The van der Waals surface area contributed by atoms with Gasteiger partial charge < -0.3 is 30.7 Å². The molecular formula is C30H39N5O4. The second kappa shape index (κ2) is 13.3. The minimum absolute atomic E-state index is 0.267. The van der Waals surface area contributed by atoms with E-state index < -0.39 is 5.91 Å². The number of nitrogens with zero attached hydrogens (tertiary/aromatic N) is 2. The van der Waals surface area contributed by atoms with Crippen molar-refractivity contribution in [3.05, 3.63) is 53.2 Å². The van der Waals surface area contributed by atoms with E-state index in [1.807, 2.05) is 43.0 Å². The largest absolute Gasteiger partial charge is 0.490 e. The Labute approximate surface area is 230 Å². The van der Waals surface area contributed by atoms with Gasteiger partial charge in [0.25, 0.3) is 5.91 Å². The Bertz CT molecular complexity index is 1330. The molecule has 4 rings (SSSR count). The summed E-state index contributed by atoms with van der Waals surface area (Å²) in [7, 11) is 0. The summed E-state index contributed by atoms with van der Waals surface area (Å²) >= 11 is 0. The predicted octanol–water partition coefficient (Wildman–Crippen LogP) is 4.54. The molecule has 0 aliphatic carbocycles. The van der Waals surface area contributed by atoms with E-state index in [0.29, 0.717) is 54.4 Å². The van der Waals surface area contributed by atoms with Crippen molar-refractivity contribution in [1.82, 2.24) is 15.2 Å². The van der Waals surface area contributed by atoms with Crippen LogP contribution < -0.4 is 25.8 Å². The molecule has 0 radical (unpaired) electrons. The zero-order valence-corrected chi connectivity index (χ0v) is 23.1. The second-order valence-electron chi connectivity index (χ2n) is 9.53. The van der Waals surface area contributed by atoms with Crippen molar-refractivity contribution in [3.63, 3.8) is 0 Å². The van der Waals surface area contributed by atoms with Gasteiger partial charge in [0.05, 0.1) is 30.0 Å². The molecule has 2 amide bonds. The summed E-state index contributed by atoms with van der Waals surface area (Å²) in [5, 5.41) is 7.76. The summed E-state index contributed by atoms with van der Waals surface area (Å²) in [4.78, 5) is 30.7. The number of aromatic nitrogens is 1. The first-order valence-electron chi connectivity index (χ1n) is 13.8. The molecule has 9 heteroatoms. The van der Waals surface area contributed by atoms with Gasteiger partial charge in [-0.15, -0.1) is 0 Å². The molecule has 1 aliphatic heterocycles. The van der Waals surface area contributed by atoms with E-state index in [1.165, 1.54) is 11.8 Å². The highest BCUT2D eigenvalue weighted by Gasteiger charge is 2.20. The smallest absolute Gasteiger partial charge is 0.252 e. The maximum atomic E-state index is 12.4. The Morgan fingerprint density at radius 1 is 1.13 bits per heavy atom. The van der Waals surface area contributed by atoms with Gasteiger partial charge in [-0.3, -0.25) is 14.6 Å². The number of primary amides is 1. The number of hydrogen-bond donors (Lipinski definition) is 3. The van der Waals surface area contributed by atoms with Crippen molar-refractivity contribution < 1.29 is 19.1 Å². The summed E-state index contributed by atoms with van der Waals surface area (Å²) in [5.74, 6) is 0.894. The normalized spacial score (nSPS) is 13.2. The number of ether oxygens (including phenoxy) is 2. The first kappa shape index (κ1) is 28.2. The number of carbonyl (C=O) groups is 2. The Balaban J connectivity index is 1.59. The van der Waals surface area contributed by atoms with E-state index in [-0.39, 0.29) is 5.91 Å². The molecule has 39 heavy (non-hydrogen) atoms. The molecule has 1 aliphatic rings. The van der Waals surface area contributed by atoms with Crippen molar-refractivity contribution in [2.75, 3.05) is 38.2 Å². The number of hydrogen-bond acceptors (Lipinski definition) is 7. The number of benzene rings is 2. The number of nitrogens with two attached hydrogens (primary N) is 1. The summed E-state index contributed by atoms with van der Waals surface area (Å²) in [6.45, 7) is 10.1. The molecule has 4 N–H and O–H groups in total. The van der Waals surface area contributed by atoms with Crippen LogP contribution in [0.3, 0.4) is 0 Å². The van der Waals surface area contributed by atoms with Crippen LogP contribution in [0.15, 0.2) is 36.5 Å². The fourth-order valence-electron chi connectivity index (χ4n) is 5.09. The highest BCUT2D eigenvalue weighted by Crippen LogP contribution is 2.38. The highest BCUT2D eigenvalue weighted by molar-refractivity contribution is 6.08. The van der Waals surface area contributed by atoms with Crippen molar-refractivity contribution in [2.45, 2.75) is 53.0 Å². The average molecular weight is 534 g/mol. The molecule has 1 aromatic heterocycles. The fraction of sp³-hybridized carbons (Fsp3) is 0.433. The average Bonchev–Trinajstić information content (AvgIpc) is 3.33. The van der Waals surface area contributed by atoms with Gasteiger partial charge in [0.1, 0.15) is 0 Å². The topological polar surface area (TPSA) is 119 Å². The molecule has 1 fully saturated rings. The number of pyridine rings is 1. The number of nitrogens with one attached hydrogen (secondary N) is 2. The first-order valence-corrected chi connectivity index (χ1v) is 13.8. The van der Waals surface area contributed by atoms with E-state index in [9.17, 15) is 9.59 Å². The first-order chi connectivity index (χ1) is 19.0. The minimum atomic E-state index is -0.564. The number of anilines is 2. The van der Waals surface area contributed by atoms with Gasteiger partial charge in [0, 0.05) is 49.4 Å². The molecule has 0 spiro atoms. The second-order valence-corrected chi connectivity index (χ2v) is 9.53. The third kappa shape index (κ3) is 6.60. The van der Waals surface area contributed by atoms with Crippen LogP contribution in [0.5, 0.6) is 11.5 Å². The van der Waals surface area contributed by atoms with Crippen LogP contribution in [0, 0.1) is 0 Å². The minimum Gasteiger partial charge on any atom is -0.490 e. The molecule has 9 nitrogen and oxygen atoms in total. The summed E-state index contributed by atoms with van der Waals surface area (Å²) in [5.41, 5.74) is 10.6. The highest BCUT2D eigenvalue weighted by atomic mass is 16.5. The molecule has 3 aromatic rings. The molecule has 0 bridgehead atoms. The van der Waals surface area contributed by atoms with Gasteiger partial charge in [-0.2, -0.15) is 0 Å². The lowest BCUT2D eigenvalue weighted by Crippen LogP contribution is -2.28. The third-order valence-corrected chi connectivity index (χ3v) is 6.95. The van der Waals surface area contributed by atoms with Gasteiger partial charge >= 0.3 is 0 Å². The monoisotopic (exact) mass is 533 g/mol. The predicted molar refractivity (Wildman–Crippen MR) is 154 cm³/mol. The standard InChI is InChI=1S/C30H39N5O4/c1-4-21-20(18-32-13-9-15-35-14-8-12-28(35)36)10-7-11-24(21)34-29-22-16-26(38-5-2)27(39-6-3)17-25(22)33-19-23(29)30(31)37/h7,10-11,16-17,19,32H,4-6,8-9,12-15,18H2,1-3H3,(H2,31,37)(H,33,34). The van der Waals surface area contributed by atoms with Gasteiger partial charge in [-0.25, -0.2) is 0 Å². The van der Waals surface area contributed by atoms with Crippen molar-refractivity contribution >= 4 is 34.1 Å².